The molecule has 0 atom stereocenters. The smallest absolute Gasteiger partial charge is 0.190 e. The minimum atomic E-state index is 0.588. The van der Waals surface area contributed by atoms with E-state index in [0.717, 1.165) is 4.47 Å². The number of methoxy groups -OCH3 is 1. The van der Waals surface area contributed by atoms with Crippen molar-refractivity contribution in [3.63, 3.8) is 0 Å². The lowest BCUT2D eigenvalue weighted by Gasteiger charge is -2.01. The number of hydrogen-bond donors (Lipinski definition) is 0. The van der Waals surface area contributed by atoms with Gasteiger partial charge in [-0.15, -0.1) is 0 Å². The molecule has 0 aromatic heterocycles. The van der Waals surface area contributed by atoms with Crippen molar-refractivity contribution in [1.29, 1.82) is 0 Å². The second kappa shape index (κ2) is 3.40. The van der Waals surface area contributed by atoms with E-state index in [4.69, 9.17) is 11.3 Å². The zero-order valence-corrected chi connectivity index (χ0v) is 7.55. The van der Waals surface area contributed by atoms with Gasteiger partial charge in [0.05, 0.1) is 18.2 Å². The Morgan fingerprint density at radius 2 is 2.27 bits per heavy atom. The number of hydrogen-bond acceptors (Lipinski definition) is 1. The third kappa shape index (κ3) is 1.72. The van der Waals surface area contributed by atoms with E-state index in [0.29, 0.717) is 11.4 Å². The molecule has 1 rings (SSSR count). The largest absolute Gasteiger partial charge is 0.497 e. The lowest BCUT2D eigenvalue weighted by atomic mass is 10.3. The molecule has 0 aliphatic rings. The average molecular weight is 212 g/mol. The van der Waals surface area contributed by atoms with Crippen LogP contribution in [0.1, 0.15) is 0 Å². The number of ether oxygens (including phenoxy) is 1. The van der Waals surface area contributed by atoms with Crippen LogP contribution >= 0.6 is 15.9 Å². The van der Waals surface area contributed by atoms with Crippen molar-refractivity contribution in [1.82, 2.24) is 0 Å². The molecule has 0 amide bonds. The Labute approximate surface area is 73.7 Å². The Hall–Kier alpha value is -1.01. The first-order valence-corrected chi connectivity index (χ1v) is 3.78. The van der Waals surface area contributed by atoms with E-state index in [1.807, 2.05) is 0 Å². The standard InChI is InChI=1S/C8H6BrNO/c1-10-6-3-4-7(9)8(5-6)11-2/h3-5H,2H3. The zero-order valence-electron chi connectivity index (χ0n) is 5.97. The molecule has 0 aliphatic carbocycles. The van der Waals surface area contributed by atoms with Crippen LogP contribution in [0.25, 0.3) is 4.85 Å². The number of rotatable bonds is 1. The summed E-state index contributed by atoms with van der Waals surface area (Å²) in [7, 11) is 1.58. The molecule has 2 nitrogen and oxygen atoms in total. The minimum absolute atomic E-state index is 0.588. The fourth-order valence-electron chi connectivity index (χ4n) is 0.718. The van der Waals surface area contributed by atoms with Gasteiger partial charge in [0, 0.05) is 0 Å². The van der Waals surface area contributed by atoms with Crippen molar-refractivity contribution < 1.29 is 4.74 Å². The quantitative estimate of drug-likeness (QED) is 0.652. The van der Waals surface area contributed by atoms with Gasteiger partial charge in [-0.25, -0.2) is 4.85 Å². The van der Waals surface area contributed by atoms with E-state index in [9.17, 15) is 0 Å². The van der Waals surface area contributed by atoms with Gasteiger partial charge in [0.25, 0.3) is 0 Å². The summed E-state index contributed by atoms with van der Waals surface area (Å²) in [6, 6.07) is 5.23. The summed E-state index contributed by atoms with van der Waals surface area (Å²) < 4.78 is 5.87. The fourth-order valence-corrected chi connectivity index (χ4v) is 1.13. The van der Waals surface area contributed by atoms with Gasteiger partial charge in [-0.05, 0) is 22.0 Å². The van der Waals surface area contributed by atoms with Crippen molar-refractivity contribution in [2.75, 3.05) is 7.11 Å². The fraction of sp³-hybridized carbons (Fsp3) is 0.125. The highest BCUT2D eigenvalue weighted by Gasteiger charge is 1.99. The Balaban J connectivity index is 3.15. The Morgan fingerprint density at radius 1 is 1.55 bits per heavy atom. The summed E-state index contributed by atoms with van der Waals surface area (Å²) in [5.41, 5.74) is 0.588. The Kier molecular flexibility index (Phi) is 2.50. The van der Waals surface area contributed by atoms with Crippen LogP contribution in [0.4, 0.5) is 5.69 Å². The lowest BCUT2D eigenvalue weighted by Crippen LogP contribution is -1.82. The maximum atomic E-state index is 6.74. The maximum Gasteiger partial charge on any atom is 0.190 e. The van der Waals surface area contributed by atoms with Gasteiger partial charge in [0.15, 0.2) is 5.69 Å². The number of benzene rings is 1. The van der Waals surface area contributed by atoms with E-state index in [-0.39, 0.29) is 0 Å². The van der Waals surface area contributed by atoms with E-state index in [1.54, 1.807) is 25.3 Å². The third-order valence-electron chi connectivity index (χ3n) is 1.26. The van der Waals surface area contributed by atoms with E-state index in [1.165, 1.54) is 0 Å². The molecule has 0 fully saturated rings. The van der Waals surface area contributed by atoms with Gasteiger partial charge in [-0.2, -0.15) is 0 Å². The van der Waals surface area contributed by atoms with Crippen molar-refractivity contribution in [3.05, 3.63) is 34.1 Å². The van der Waals surface area contributed by atoms with Gasteiger partial charge < -0.3 is 4.74 Å². The molecule has 11 heavy (non-hydrogen) atoms. The van der Waals surface area contributed by atoms with Crippen LogP contribution in [0.3, 0.4) is 0 Å². The van der Waals surface area contributed by atoms with Crippen molar-refractivity contribution in [3.8, 4) is 5.75 Å². The normalized spacial score (nSPS) is 8.82. The van der Waals surface area contributed by atoms with Gasteiger partial charge in [-0.1, -0.05) is 12.1 Å². The molecular weight excluding hydrogens is 206 g/mol. The van der Waals surface area contributed by atoms with Crippen LogP contribution in [-0.2, 0) is 0 Å². The van der Waals surface area contributed by atoms with Crippen molar-refractivity contribution >= 4 is 21.6 Å². The first-order valence-electron chi connectivity index (χ1n) is 2.99. The molecule has 0 N–H and O–H groups in total. The van der Waals surface area contributed by atoms with Gasteiger partial charge in [-0.3, -0.25) is 0 Å². The predicted molar refractivity (Wildman–Crippen MR) is 47.0 cm³/mol. The molecule has 0 unspecified atom stereocenters. The minimum Gasteiger partial charge on any atom is -0.497 e. The molecule has 0 radical (unpaired) electrons. The van der Waals surface area contributed by atoms with Crippen LogP contribution in [0.2, 0.25) is 0 Å². The molecule has 0 bridgehead atoms. The number of halogens is 1. The molecule has 3 heteroatoms. The molecule has 0 aliphatic heterocycles. The summed E-state index contributed by atoms with van der Waals surface area (Å²) in [6.07, 6.45) is 0. The Bertz CT molecular complexity index is 303. The summed E-state index contributed by atoms with van der Waals surface area (Å²) in [4.78, 5) is 3.27. The van der Waals surface area contributed by atoms with Gasteiger partial charge in [0.1, 0.15) is 5.75 Å². The van der Waals surface area contributed by atoms with Crippen LogP contribution in [0.15, 0.2) is 22.7 Å². The molecule has 0 heterocycles. The second-order valence-corrected chi connectivity index (χ2v) is 2.78. The third-order valence-corrected chi connectivity index (χ3v) is 1.92. The van der Waals surface area contributed by atoms with E-state index in [2.05, 4.69) is 20.8 Å². The molecule has 1 aromatic rings. The molecule has 0 saturated heterocycles. The monoisotopic (exact) mass is 211 g/mol. The zero-order chi connectivity index (χ0) is 8.27. The molecule has 0 saturated carbocycles. The molecular formula is C8H6BrNO. The van der Waals surface area contributed by atoms with E-state index < -0.39 is 0 Å². The highest BCUT2D eigenvalue weighted by molar-refractivity contribution is 9.10. The summed E-state index contributed by atoms with van der Waals surface area (Å²) in [5, 5.41) is 0. The first kappa shape index (κ1) is 8.09. The lowest BCUT2D eigenvalue weighted by molar-refractivity contribution is 0.412. The van der Waals surface area contributed by atoms with Crippen LogP contribution in [-0.4, -0.2) is 7.11 Å². The summed E-state index contributed by atoms with van der Waals surface area (Å²) >= 11 is 3.29. The van der Waals surface area contributed by atoms with Crippen molar-refractivity contribution in [2.45, 2.75) is 0 Å². The number of nitrogens with zero attached hydrogens (tertiary/aromatic N) is 1. The molecule has 0 spiro atoms. The first-order chi connectivity index (χ1) is 5.27. The topological polar surface area (TPSA) is 13.6 Å². The second-order valence-electron chi connectivity index (χ2n) is 1.93. The maximum absolute atomic E-state index is 6.74. The highest BCUT2D eigenvalue weighted by Crippen LogP contribution is 2.28. The van der Waals surface area contributed by atoms with Crippen LogP contribution < -0.4 is 4.74 Å². The van der Waals surface area contributed by atoms with Gasteiger partial charge in [0.2, 0.25) is 0 Å². The van der Waals surface area contributed by atoms with Crippen LogP contribution in [0, 0.1) is 6.57 Å². The SMILES string of the molecule is [C-]#[N+]c1ccc(Br)c(OC)c1. The predicted octanol–water partition coefficient (Wildman–Crippen LogP) is 3.01. The van der Waals surface area contributed by atoms with Gasteiger partial charge >= 0.3 is 0 Å². The Morgan fingerprint density at radius 3 is 2.82 bits per heavy atom. The van der Waals surface area contributed by atoms with E-state index >= 15 is 0 Å². The molecule has 1 aromatic carbocycles. The van der Waals surface area contributed by atoms with Crippen LogP contribution in [0.5, 0.6) is 5.75 Å². The average Bonchev–Trinajstić information content (AvgIpc) is 2.05. The summed E-state index contributed by atoms with van der Waals surface area (Å²) in [6.45, 7) is 6.74. The molecule has 56 valence electrons. The highest BCUT2D eigenvalue weighted by atomic mass is 79.9. The van der Waals surface area contributed by atoms with Crippen molar-refractivity contribution in [2.24, 2.45) is 0 Å². The summed E-state index contributed by atoms with van der Waals surface area (Å²) in [5.74, 6) is 0.693.